The first-order chi connectivity index (χ1) is 7.24. The van der Waals surface area contributed by atoms with Crippen molar-refractivity contribution in [3.05, 3.63) is 0 Å². The number of hydrogen-bond acceptors (Lipinski definition) is 2. The van der Waals surface area contributed by atoms with Gasteiger partial charge >= 0.3 is 0 Å². The van der Waals surface area contributed by atoms with E-state index in [2.05, 4.69) is 24.5 Å². The fourth-order valence-corrected chi connectivity index (χ4v) is 2.04. The number of rotatable bonds is 5. The molecule has 2 atom stereocenters. The lowest BCUT2D eigenvalue weighted by atomic mass is 9.88. The molecule has 1 saturated heterocycles. The SMILES string of the molecule is CCCCC(=O)NCC1CCNCC1C. The third-order valence-corrected chi connectivity index (χ3v) is 3.28. The van der Waals surface area contributed by atoms with Crippen LogP contribution in [-0.4, -0.2) is 25.5 Å². The number of piperidine rings is 1. The van der Waals surface area contributed by atoms with Gasteiger partial charge in [-0.1, -0.05) is 20.3 Å². The van der Waals surface area contributed by atoms with Crippen molar-refractivity contribution >= 4 is 5.91 Å². The number of amides is 1. The van der Waals surface area contributed by atoms with Gasteiger partial charge in [0.2, 0.25) is 5.91 Å². The smallest absolute Gasteiger partial charge is 0.220 e. The summed E-state index contributed by atoms with van der Waals surface area (Å²) in [5.41, 5.74) is 0. The molecule has 88 valence electrons. The third-order valence-electron chi connectivity index (χ3n) is 3.28. The van der Waals surface area contributed by atoms with Crippen LogP contribution in [0.25, 0.3) is 0 Å². The lowest BCUT2D eigenvalue weighted by molar-refractivity contribution is -0.121. The fourth-order valence-electron chi connectivity index (χ4n) is 2.04. The van der Waals surface area contributed by atoms with Gasteiger partial charge < -0.3 is 10.6 Å². The molecule has 2 N–H and O–H groups in total. The second-order valence-corrected chi connectivity index (χ2v) is 4.64. The molecule has 2 unspecified atom stereocenters. The van der Waals surface area contributed by atoms with Crippen LogP contribution in [0.15, 0.2) is 0 Å². The lowest BCUT2D eigenvalue weighted by Crippen LogP contribution is -2.41. The topological polar surface area (TPSA) is 41.1 Å². The highest BCUT2D eigenvalue weighted by Gasteiger charge is 2.20. The molecule has 1 aliphatic rings. The van der Waals surface area contributed by atoms with E-state index in [-0.39, 0.29) is 5.91 Å². The van der Waals surface area contributed by atoms with Gasteiger partial charge in [0.1, 0.15) is 0 Å². The summed E-state index contributed by atoms with van der Waals surface area (Å²) < 4.78 is 0. The fraction of sp³-hybridized carbons (Fsp3) is 0.917. The van der Waals surface area contributed by atoms with Crippen molar-refractivity contribution in [2.24, 2.45) is 11.8 Å². The van der Waals surface area contributed by atoms with E-state index in [1.165, 1.54) is 6.42 Å². The van der Waals surface area contributed by atoms with E-state index in [0.717, 1.165) is 32.5 Å². The van der Waals surface area contributed by atoms with Crippen LogP contribution in [0.4, 0.5) is 0 Å². The molecule has 0 aromatic carbocycles. The van der Waals surface area contributed by atoms with E-state index in [9.17, 15) is 4.79 Å². The van der Waals surface area contributed by atoms with E-state index >= 15 is 0 Å². The Morgan fingerprint density at radius 2 is 2.33 bits per heavy atom. The molecule has 1 heterocycles. The Morgan fingerprint density at radius 1 is 1.53 bits per heavy atom. The second-order valence-electron chi connectivity index (χ2n) is 4.64. The summed E-state index contributed by atoms with van der Waals surface area (Å²) in [4.78, 5) is 11.4. The van der Waals surface area contributed by atoms with Crippen LogP contribution >= 0.6 is 0 Å². The van der Waals surface area contributed by atoms with Gasteiger partial charge in [0.15, 0.2) is 0 Å². The van der Waals surface area contributed by atoms with Gasteiger partial charge in [0.05, 0.1) is 0 Å². The van der Waals surface area contributed by atoms with Crippen LogP contribution < -0.4 is 10.6 Å². The van der Waals surface area contributed by atoms with Crippen molar-refractivity contribution in [3.8, 4) is 0 Å². The number of carbonyl (C=O) groups is 1. The van der Waals surface area contributed by atoms with Crippen molar-refractivity contribution in [2.45, 2.75) is 39.5 Å². The highest BCUT2D eigenvalue weighted by molar-refractivity contribution is 5.75. The highest BCUT2D eigenvalue weighted by atomic mass is 16.1. The van der Waals surface area contributed by atoms with Gasteiger partial charge in [-0.05, 0) is 37.8 Å². The largest absolute Gasteiger partial charge is 0.356 e. The predicted molar refractivity (Wildman–Crippen MR) is 62.7 cm³/mol. The molecule has 1 amide bonds. The zero-order valence-electron chi connectivity index (χ0n) is 10.0. The highest BCUT2D eigenvalue weighted by Crippen LogP contribution is 2.17. The summed E-state index contributed by atoms with van der Waals surface area (Å²) >= 11 is 0. The summed E-state index contributed by atoms with van der Waals surface area (Å²) in [5, 5.41) is 6.42. The second kappa shape index (κ2) is 6.83. The van der Waals surface area contributed by atoms with E-state index < -0.39 is 0 Å². The number of carbonyl (C=O) groups excluding carboxylic acids is 1. The summed E-state index contributed by atoms with van der Waals surface area (Å²) in [6.07, 6.45) is 3.98. The number of hydrogen-bond donors (Lipinski definition) is 2. The molecule has 1 rings (SSSR count). The Kier molecular flexibility index (Phi) is 5.69. The van der Waals surface area contributed by atoms with Gasteiger partial charge in [-0.25, -0.2) is 0 Å². The summed E-state index contributed by atoms with van der Waals surface area (Å²) in [7, 11) is 0. The Labute approximate surface area is 93.0 Å². The Morgan fingerprint density at radius 3 is 3.00 bits per heavy atom. The molecule has 0 aliphatic carbocycles. The molecule has 1 aliphatic heterocycles. The average molecular weight is 212 g/mol. The van der Waals surface area contributed by atoms with E-state index in [1.807, 2.05) is 0 Å². The normalized spacial score (nSPS) is 26.3. The van der Waals surface area contributed by atoms with Crippen molar-refractivity contribution in [2.75, 3.05) is 19.6 Å². The maximum absolute atomic E-state index is 11.4. The Bertz CT molecular complexity index is 194. The van der Waals surface area contributed by atoms with Crippen LogP contribution in [-0.2, 0) is 4.79 Å². The van der Waals surface area contributed by atoms with Gasteiger partial charge in [-0.3, -0.25) is 4.79 Å². The van der Waals surface area contributed by atoms with Crippen LogP contribution in [0.2, 0.25) is 0 Å². The number of unbranched alkanes of at least 4 members (excludes halogenated alkanes) is 1. The van der Waals surface area contributed by atoms with Crippen molar-refractivity contribution in [3.63, 3.8) is 0 Å². The van der Waals surface area contributed by atoms with Crippen LogP contribution in [0.5, 0.6) is 0 Å². The van der Waals surface area contributed by atoms with Crippen LogP contribution in [0.3, 0.4) is 0 Å². The molecule has 0 spiro atoms. The van der Waals surface area contributed by atoms with E-state index in [0.29, 0.717) is 18.3 Å². The minimum Gasteiger partial charge on any atom is -0.356 e. The molecule has 0 aromatic heterocycles. The maximum atomic E-state index is 11.4. The monoisotopic (exact) mass is 212 g/mol. The third kappa shape index (κ3) is 4.65. The van der Waals surface area contributed by atoms with E-state index in [1.54, 1.807) is 0 Å². The van der Waals surface area contributed by atoms with Gasteiger partial charge in [-0.2, -0.15) is 0 Å². The van der Waals surface area contributed by atoms with Gasteiger partial charge in [0.25, 0.3) is 0 Å². The molecular weight excluding hydrogens is 188 g/mol. The molecule has 3 nitrogen and oxygen atoms in total. The number of nitrogens with one attached hydrogen (secondary N) is 2. The Balaban J connectivity index is 2.14. The maximum Gasteiger partial charge on any atom is 0.220 e. The quantitative estimate of drug-likeness (QED) is 0.726. The first-order valence-electron chi connectivity index (χ1n) is 6.21. The summed E-state index contributed by atoms with van der Waals surface area (Å²) in [5.74, 6) is 1.57. The molecule has 15 heavy (non-hydrogen) atoms. The zero-order valence-corrected chi connectivity index (χ0v) is 10.0. The summed E-state index contributed by atoms with van der Waals surface area (Å²) in [6, 6.07) is 0. The van der Waals surface area contributed by atoms with Crippen molar-refractivity contribution in [1.82, 2.24) is 10.6 Å². The summed E-state index contributed by atoms with van der Waals surface area (Å²) in [6.45, 7) is 7.43. The van der Waals surface area contributed by atoms with Crippen molar-refractivity contribution in [1.29, 1.82) is 0 Å². The molecule has 0 aromatic rings. The first kappa shape index (κ1) is 12.5. The minimum atomic E-state index is 0.225. The van der Waals surface area contributed by atoms with Crippen LogP contribution in [0.1, 0.15) is 39.5 Å². The van der Waals surface area contributed by atoms with Crippen molar-refractivity contribution < 1.29 is 4.79 Å². The Hall–Kier alpha value is -0.570. The minimum absolute atomic E-state index is 0.225. The van der Waals surface area contributed by atoms with Crippen LogP contribution in [0, 0.1) is 11.8 Å². The molecule has 0 bridgehead atoms. The molecule has 0 radical (unpaired) electrons. The van der Waals surface area contributed by atoms with E-state index in [4.69, 9.17) is 0 Å². The molecule has 3 heteroatoms. The first-order valence-corrected chi connectivity index (χ1v) is 6.21. The molecular formula is C12H24N2O. The zero-order chi connectivity index (χ0) is 11.1. The van der Waals surface area contributed by atoms with Gasteiger partial charge in [-0.15, -0.1) is 0 Å². The predicted octanol–water partition coefficient (Wildman–Crippen LogP) is 1.54. The lowest BCUT2D eigenvalue weighted by Gasteiger charge is -2.29. The standard InChI is InChI=1S/C12H24N2O/c1-3-4-5-12(15)14-9-11-6-7-13-8-10(11)2/h10-11,13H,3-9H2,1-2H3,(H,14,15). The average Bonchev–Trinajstić information content (AvgIpc) is 2.25. The molecule has 0 saturated carbocycles. The van der Waals surface area contributed by atoms with Gasteiger partial charge in [0, 0.05) is 13.0 Å². The molecule has 1 fully saturated rings.